The highest BCUT2D eigenvalue weighted by atomic mass is 32.1. The number of rotatable bonds is 6. The van der Waals surface area contributed by atoms with E-state index in [4.69, 9.17) is 5.11 Å². The van der Waals surface area contributed by atoms with E-state index >= 15 is 0 Å². The first-order valence-corrected chi connectivity index (χ1v) is 7.40. The molecule has 0 spiro atoms. The summed E-state index contributed by atoms with van der Waals surface area (Å²) in [5, 5.41) is 15.2. The van der Waals surface area contributed by atoms with Gasteiger partial charge in [0.05, 0.1) is 16.7 Å². The molecule has 0 radical (unpaired) electrons. The highest BCUT2D eigenvalue weighted by molar-refractivity contribution is 7.11. The Hall–Kier alpha value is -1.63. The van der Waals surface area contributed by atoms with Gasteiger partial charge in [-0.2, -0.15) is 0 Å². The van der Waals surface area contributed by atoms with Crippen LogP contribution in [0.5, 0.6) is 0 Å². The van der Waals surface area contributed by atoms with E-state index in [1.165, 1.54) is 11.3 Å². The number of urea groups is 1. The first-order valence-electron chi connectivity index (χ1n) is 6.58. The van der Waals surface area contributed by atoms with Crippen LogP contribution in [0.25, 0.3) is 0 Å². The molecule has 1 aromatic rings. The molecule has 0 fully saturated rings. The van der Waals surface area contributed by atoms with Gasteiger partial charge in [0.15, 0.2) is 0 Å². The van der Waals surface area contributed by atoms with Gasteiger partial charge in [-0.3, -0.25) is 0 Å². The second kappa shape index (κ2) is 7.23. The first kappa shape index (κ1) is 16.4. The van der Waals surface area contributed by atoms with Crippen LogP contribution >= 0.6 is 11.3 Å². The lowest BCUT2D eigenvalue weighted by molar-refractivity contribution is -0.139. The second-order valence-electron chi connectivity index (χ2n) is 4.70. The van der Waals surface area contributed by atoms with Crippen molar-refractivity contribution in [3.63, 3.8) is 0 Å². The summed E-state index contributed by atoms with van der Waals surface area (Å²) in [5.74, 6) is -1.01. The van der Waals surface area contributed by atoms with Gasteiger partial charge in [0, 0.05) is 4.88 Å². The summed E-state index contributed by atoms with van der Waals surface area (Å²) in [4.78, 5) is 28.1. The van der Waals surface area contributed by atoms with E-state index in [9.17, 15) is 9.59 Å². The maximum Gasteiger partial charge on any atom is 0.326 e. The first-order chi connectivity index (χ1) is 9.35. The van der Waals surface area contributed by atoms with Gasteiger partial charge in [0.2, 0.25) is 0 Å². The minimum absolute atomic E-state index is 0.197. The van der Waals surface area contributed by atoms with Crippen molar-refractivity contribution >= 4 is 23.3 Å². The Kier molecular flexibility index (Phi) is 5.94. The quantitative estimate of drug-likeness (QED) is 0.752. The van der Waals surface area contributed by atoms with Crippen LogP contribution in [0.1, 0.15) is 48.3 Å². The summed E-state index contributed by atoms with van der Waals surface area (Å²) >= 11 is 1.53. The van der Waals surface area contributed by atoms with Gasteiger partial charge < -0.3 is 15.7 Å². The zero-order chi connectivity index (χ0) is 15.3. The molecule has 1 rings (SSSR count). The Bertz CT molecular complexity index is 487. The van der Waals surface area contributed by atoms with Gasteiger partial charge >= 0.3 is 12.0 Å². The molecule has 0 aliphatic carbocycles. The summed E-state index contributed by atoms with van der Waals surface area (Å²) in [6, 6.07) is -1.52. The van der Waals surface area contributed by atoms with Crippen LogP contribution in [0, 0.1) is 13.8 Å². The van der Waals surface area contributed by atoms with Crippen LogP contribution in [0.15, 0.2) is 0 Å². The normalized spacial score (nSPS) is 13.6. The van der Waals surface area contributed by atoms with E-state index in [-0.39, 0.29) is 6.04 Å². The molecule has 20 heavy (non-hydrogen) atoms. The maximum absolute atomic E-state index is 11.8. The minimum Gasteiger partial charge on any atom is -0.480 e. The highest BCUT2D eigenvalue weighted by Crippen LogP contribution is 2.24. The summed E-state index contributed by atoms with van der Waals surface area (Å²) in [5.41, 5.74) is 0.892. The zero-order valence-corrected chi connectivity index (χ0v) is 13.0. The molecule has 2 atom stereocenters. The number of carbonyl (C=O) groups excluding carboxylic acids is 1. The number of amides is 2. The number of hydrogen-bond acceptors (Lipinski definition) is 4. The fourth-order valence-electron chi connectivity index (χ4n) is 1.96. The van der Waals surface area contributed by atoms with Crippen LogP contribution in [-0.2, 0) is 4.79 Å². The number of hydrogen-bond donors (Lipinski definition) is 3. The molecule has 0 aliphatic heterocycles. The van der Waals surface area contributed by atoms with E-state index in [2.05, 4.69) is 15.6 Å². The SMILES string of the molecule is CCC[C@@H](NC(=O)NC(C)c1sc(C)nc1C)C(=O)O. The van der Waals surface area contributed by atoms with E-state index in [1.54, 1.807) is 0 Å². The third-order valence-electron chi connectivity index (χ3n) is 2.86. The maximum atomic E-state index is 11.8. The summed E-state index contributed by atoms with van der Waals surface area (Å²) in [7, 11) is 0. The fourth-order valence-corrected chi connectivity index (χ4v) is 2.89. The Morgan fingerprint density at radius 1 is 1.35 bits per heavy atom. The number of carbonyl (C=O) groups is 2. The standard InChI is InChI=1S/C13H21N3O3S/c1-5-6-10(12(17)18)16-13(19)15-8(3)11-7(2)14-9(4)20-11/h8,10H,5-6H2,1-4H3,(H,17,18)(H2,15,16,19)/t8?,10-/m1/s1. The average molecular weight is 299 g/mol. The van der Waals surface area contributed by atoms with Crippen molar-refractivity contribution < 1.29 is 14.7 Å². The molecule has 0 bridgehead atoms. The van der Waals surface area contributed by atoms with Gasteiger partial charge in [-0.05, 0) is 27.2 Å². The van der Waals surface area contributed by atoms with Crippen LogP contribution in [0.4, 0.5) is 4.79 Å². The third-order valence-corrected chi connectivity index (χ3v) is 4.12. The van der Waals surface area contributed by atoms with E-state index < -0.39 is 18.0 Å². The number of carboxylic acid groups (broad SMARTS) is 1. The smallest absolute Gasteiger partial charge is 0.326 e. The largest absolute Gasteiger partial charge is 0.480 e. The van der Waals surface area contributed by atoms with Crippen LogP contribution in [-0.4, -0.2) is 28.1 Å². The molecule has 0 saturated heterocycles. The topological polar surface area (TPSA) is 91.3 Å². The predicted molar refractivity (Wildman–Crippen MR) is 78.0 cm³/mol. The molecule has 0 aromatic carbocycles. The number of thiazole rings is 1. The molecular weight excluding hydrogens is 278 g/mol. The van der Waals surface area contributed by atoms with Gasteiger partial charge in [0.1, 0.15) is 6.04 Å². The fraction of sp³-hybridized carbons (Fsp3) is 0.615. The molecule has 1 aromatic heterocycles. The van der Waals surface area contributed by atoms with Crippen molar-refractivity contribution in [1.29, 1.82) is 0 Å². The third kappa shape index (κ3) is 4.48. The van der Waals surface area contributed by atoms with Crippen molar-refractivity contribution in [3.05, 3.63) is 15.6 Å². The molecule has 3 N–H and O–H groups in total. The molecular formula is C13H21N3O3S. The lowest BCUT2D eigenvalue weighted by atomic mass is 10.2. The number of aryl methyl sites for hydroxylation is 2. The molecule has 2 amide bonds. The Morgan fingerprint density at radius 3 is 2.45 bits per heavy atom. The molecule has 1 heterocycles. The highest BCUT2D eigenvalue weighted by Gasteiger charge is 2.21. The van der Waals surface area contributed by atoms with E-state index in [0.717, 1.165) is 15.6 Å². The summed E-state index contributed by atoms with van der Waals surface area (Å²) in [6.45, 7) is 7.54. The zero-order valence-electron chi connectivity index (χ0n) is 12.2. The Morgan fingerprint density at radius 2 is 2.00 bits per heavy atom. The monoisotopic (exact) mass is 299 g/mol. The Labute approximate surface area is 122 Å². The number of aliphatic carboxylic acids is 1. The lowest BCUT2D eigenvalue weighted by Crippen LogP contribution is -2.46. The number of nitrogens with one attached hydrogen (secondary N) is 2. The molecule has 6 nitrogen and oxygen atoms in total. The van der Waals surface area contributed by atoms with Crippen LogP contribution in [0.2, 0.25) is 0 Å². The van der Waals surface area contributed by atoms with E-state index in [0.29, 0.717) is 12.8 Å². The molecule has 0 saturated carbocycles. The van der Waals surface area contributed by atoms with E-state index in [1.807, 2.05) is 27.7 Å². The number of aromatic nitrogens is 1. The van der Waals surface area contributed by atoms with Crippen molar-refractivity contribution in [2.75, 3.05) is 0 Å². The number of nitrogens with zero attached hydrogens (tertiary/aromatic N) is 1. The van der Waals surface area contributed by atoms with Crippen molar-refractivity contribution in [2.24, 2.45) is 0 Å². The van der Waals surface area contributed by atoms with Gasteiger partial charge in [-0.15, -0.1) is 11.3 Å². The molecule has 0 aliphatic rings. The van der Waals surface area contributed by atoms with Gasteiger partial charge in [-0.25, -0.2) is 14.6 Å². The average Bonchev–Trinajstić information content (AvgIpc) is 2.67. The number of carboxylic acids is 1. The van der Waals surface area contributed by atoms with Gasteiger partial charge in [-0.1, -0.05) is 13.3 Å². The summed E-state index contributed by atoms with van der Waals surface area (Å²) < 4.78 is 0. The minimum atomic E-state index is -1.01. The molecule has 7 heteroatoms. The summed E-state index contributed by atoms with van der Waals surface area (Å²) in [6.07, 6.45) is 1.11. The molecule has 1 unspecified atom stereocenters. The van der Waals surface area contributed by atoms with Crippen LogP contribution in [0.3, 0.4) is 0 Å². The second-order valence-corrected chi connectivity index (χ2v) is 5.94. The Balaban J connectivity index is 2.61. The lowest BCUT2D eigenvalue weighted by Gasteiger charge is -2.17. The van der Waals surface area contributed by atoms with Crippen molar-refractivity contribution in [1.82, 2.24) is 15.6 Å². The van der Waals surface area contributed by atoms with Crippen molar-refractivity contribution in [2.45, 2.75) is 52.6 Å². The predicted octanol–water partition coefficient (Wildman–Crippen LogP) is 2.37. The van der Waals surface area contributed by atoms with Crippen LogP contribution < -0.4 is 10.6 Å². The molecule has 112 valence electrons. The van der Waals surface area contributed by atoms with Gasteiger partial charge in [0.25, 0.3) is 0 Å². The van der Waals surface area contributed by atoms with Crippen molar-refractivity contribution in [3.8, 4) is 0 Å².